The molecule has 2 heterocycles. The van der Waals surface area contributed by atoms with E-state index in [9.17, 15) is 45.0 Å². The number of benzene rings is 2. The van der Waals surface area contributed by atoms with Gasteiger partial charge in [0.15, 0.2) is 5.76 Å². The third-order valence-electron chi connectivity index (χ3n) is 5.65. The molecule has 0 aliphatic carbocycles. The number of aromatic hydroxyl groups is 3. The number of carbonyl (C=O) groups is 2. The van der Waals surface area contributed by atoms with Crippen molar-refractivity contribution >= 4 is 22.9 Å². The molecule has 4 rings (SSSR count). The topological polar surface area (TPSA) is 234 Å². The predicted octanol–water partition coefficient (Wildman–Crippen LogP) is -0.219. The van der Waals surface area contributed by atoms with Crippen LogP contribution in [0.4, 0.5) is 0 Å². The molecule has 1 saturated heterocycles. The second-order valence-corrected chi connectivity index (χ2v) is 8.36. The molecule has 202 valence electrons. The van der Waals surface area contributed by atoms with Crippen LogP contribution >= 0.6 is 0 Å². The van der Waals surface area contributed by atoms with E-state index >= 15 is 0 Å². The zero-order valence-electron chi connectivity index (χ0n) is 19.3. The van der Waals surface area contributed by atoms with Crippen molar-refractivity contribution < 1.29 is 64.0 Å². The Hall–Kier alpha value is -4.37. The molecule has 1 aliphatic heterocycles. The second-order valence-electron chi connectivity index (χ2n) is 8.36. The number of aliphatic hydroxyl groups is 3. The Morgan fingerprint density at radius 3 is 2.26 bits per heavy atom. The highest BCUT2D eigenvalue weighted by Crippen LogP contribution is 2.37. The quantitative estimate of drug-likeness (QED) is 0.153. The van der Waals surface area contributed by atoms with E-state index in [0.717, 1.165) is 12.1 Å². The number of rotatable bonds is 7. The molecular formula is C24H22O14. The van der Waals surface area contributed by atoms with Crippen molar-refractivity contribution in [3.05, 3.63) is 46.6 Å². The van der Waals surface area contributed by atoms with Crippen molar-refractivity contribution in [3.63, 3.8) is 0 Å². The first kappa shape index (κ1) is 26.7. The normalized spacial score (nSPS) is 23.2. The fourth-order valence-electron chi connectivity index (χ4n) is 3.80. The Kier molecular flexibility index (Phi) is 7.41. The number of carboxylic acids is 1. The summed E-state index contributed by atoms with van der Waals surface area (Å²) in [6.45, 7) is -0.728. The first-order valence-corrected chi connectivity index (χ1v) is 11.0. The molecule has 38 heavy (non-hydrogen) atoms. The van der Waals surface area contributed by atoms with Gasteiger partial charge < -0.3 is 54.4 Å². The molecular weight excluding hydrogens is 512 g/mol. The van der Waals surface area contributed by atoms with E-state index in [1.54, 1.807) is 0 Å². The molecule has 0 unspecified atom stereocenters. The molecule has 14 nitrogen and oxygen atoms in total. The minimum Gasteiger partial charge on any atom is -0.508 e. The van der Waals surface area contributed by atoms with Gasteiger partial charge in [-0.15, -0.1) is 0 Å². The SMILES string of the molecule is O=C(O)CC(=O)OC[C@H]1O[C@@H](Oc2c(-c3ccc(O)cc3)oc3cc(O)cc(O)c3c2=O)[C@H](O)[C@@H](O)[C@@H]1O. The molecule has 14 heteroatoms. The second kappa shape index (κ2) is 10.5. The Labute approximate surface area is 212 Å². The minimum absolute atomic E-state index is 0.113. The van der Waals surface area contributed by atoms with E-state index in [1.165, 1.54) is 24.3 Å². The van der Waals surface area contributed by atoms with Crippen LogP contribution in [-0.2, 0) is 19.1 Å². The van der Waals surface area contributed by atoms with Gasteiger partial charge in [0.1, 0.15) is 65.7 Å². The number of carbonyl (C=O) groups excluding carboxylic acids is 1. The maximum absolute atomic E-state index is 13.4. The first-order chi connectivity index (χ1) is 18.0. The zero-order chi connectivity index (χ0) is 27.7. The molecule has 3 aromatic rings. The van der Waals surface area contributed by atoms with Gasteiger partial charge in [0.2, 0.25) is 17.5 Å². The van der Waals surface area contributed by atoms with Gasteiger partial charge in [0.05, 0.1) is 0 Å². The number of hydrogen-bond acceptors (Lipinski definition) is 13. The summed E-state index contributed by atoms with van der Waals surface area (Å²) in [5, 5.41) is 69.0. The zero-order valence-corrected chi connectivity index (χ0v) is 19.3. The Bertz CT molecular complexity index is 1410. The van der Waals surface area contributed by atoms with E-state index in [2.05, 4.69) is 0 Å². The van der Waals surface area contributed by atoms with Crippen LogP contribution < -0.4 is 10.2 Å². The Morgan fingerprint density at radius 1 is 0.921 bits per heavy atom. The van der Waals surface area contributed by atoms with Crippen LogP contribution in [0.2, 0.25) is 0 Å². The maximum atomic E-state index is 13.4. The Morgan fingerprint density at radius 2 is 1.61 bits per heavy atom. The number of fused-ring (bicyclic) bond motifs is 1. The van der Waals surface area contributed by atoms with E-state index in [-0.39, 0.29) is 22.7 Å². The monoisotopic (exact) mass is 534 g/mol. The number of aliphatic hydroxyl groups excluding tert-OH is 3. The van der Waals surface area contributed by atoms with Crippen LogP contribution in [0.5, 0.6) is 23.0 Å². The van der Waals surface area contributed by atoms with Gasteiger partial charge in [-0.25, -0.2) is 0 Å². The average molecular weight is 534 g/mol. The highest BCUT2D eigenvalue weighted by molar-refractivity contribution is 5.90. The Balaban J connectivity index is 1.73. The van der Waals surface area contributed by atoms with E-state index in [0.29, 0.717) is 0 Å². The summed E-state index contributed by atoms with van der Waals surface area (Å²) in [5.74, 6) is -4.68. The standard InChI is InChI=1S/C24H22O14/c25-10-3-1-9(2-4-10)22-23(19(32)17-12(27)5-11(26)6-13(17)36-22)38-24-21(34)20(33)18(31)14(37-24)8-35-16(30)7-15(28)29/h1-6,14,18,20-21,24-27,31,33-34H,7-8H2,(H,28,29)/t14-,18-,20+,21-,24+/m1/s1. The number of aliphatic carboxylic acids is 1. The van der Waals surface area contributed by atoms with Crippen LogP contribution in [-0.4, -0.2) is 85.0 Å². The number of esters is 1. The van der Waals surface area contributed by atoms with Crippen molar-refractivity contribution in [2.75, 3.05) is 6.61 Å². The van der Waals surface area contributed by atoms with Crippen molar-refractivity contribution in [1.29, 1.82) is 0 Å². The number of ether oxygens (including phenoxy) is 3. The van der Waals surface area contributed by atoms with Crippen molar-refractivity contribution in [2.45, 2.75) is 37.1 Å². The van der Waals surface area contributed by atoms with Crippen molar-refractivity contribution in [2.24, 2.45) is 0 Å². The van der Waals surface area contributed by atoms with Gasteiger partial charge in [0.25, 0.3) is 0 Å². The van der Waals surface area contributed by atoms with Gasteiger partial charge in [-0.3, -0.25) is 14.4 Å². The molecule has 7 N–H and O–H groups in total. The fraction of sp³-hybridized carbons (Fsp3) is 0.292. The van der Waals surface area contributed by atoms with Gasteiger partial charge in [-0.05, 0) is 24.3 Å². The summed E-state index contributed by atoms with van der Waals surface area (Å²) in [4.78, 5) is 35.6. The fourth-order valence-corrected chi connectivity index (χ4v) is 3.80. The minimum atomic E-state index is -1.94. The lowest BCUT2D eigenvalue weighted by molar-refractivity contribution is -0.278. The molecule has 0 spiro atoms. The predicted molar refractivity (Wildman–Crippen MR) is 123 cm³/mol. The average Bonchev–Trinajstić information content (AvgIpc) is 2.84. The number of hydrogen-bond donors (Lipinski definition) is 7. The van der Waals surface area contributed by atoms with E-state index < -0.39 is 83.7 Å². The first-order valence-electron chi connectivity index (χ1n) is 11.0. The smallest absolute Gasteiger partial charge is 0.317 e. The lowest BCUT2D eigenvalue weighted by Gasteiger charge is -2.39. The number of carboxylic acid groups (broad SMARTS) is 1. The summed E-state index contributed by atoms with van der Waals surface area (Å²) >= 11 is 0. The third kappa shape index (κ3) is 5.33. The molecule has 5 atom stereocenters. The summed E-state index contributed by atoms with van der Waals surface area (Å²) < 4.78 is 21.5. The lowest BCUT2D eigenvalue weighted by atomic mass is 9.99. The number of phenols is 3. The third-order valence-corrected chi connectivity index (χ3v) is 5.65. The summed E-state index contributed by atoms with van der Waals surface area (Å²) in [5.41, 5.74) is -1.01. The molecule has 1 aliphatic rings. The molecule has 0 amide bonds. The molecule has 0 bridgehead atoms. The van der Waals surface area contributed by atoms with Gasteiger partial charge in [-0.1, -0.05) is 0 Å². The van der Waals surface area contributed by atoms with Gasteiger partial charge in [0, 0.05) is 17.7 Å². The van der Waals surface area contributed by atoms with Crippen LogP contribution in [0, 0.1) is 0 Å². The maximum Gasteiger partial charge on any atom is 0.317 e. The lowest BCUT2D eigenvalue weighted by Crippen LogP contribution is -2.60. The van der Waals surface area contributed by atoms with Gasteiger partial charge in [-0.2, -0.15) is 0 Å². The van der Waals surface area contributed by atoms with E-state index in [4.69, 9.17) is 23.7 Å². The van der Waals surface area contributed by atoms with E-state index in [1.807, 2.05) is 0 Å². The summed E-state index contributed by atoms with van der Waals surface area (Å²) in [6.07, 6.45) is -9.97. The van der Waals surface area contributed by atoms with Crippen molar-refractivity contribution in [1.82, 2.24) is 0 Å². The highest BCUT2D eigenvalue weighted by Gasteiger charge is 2.46. The highest BCUT2D eigenvalue weighted by atomic mass is 16.7. The largest absolute Gasteiger partial charge is 0.508 e. The molecule has 1 aromatic heterocycles. The van der Waals surface area contributed by atoms with Crippen LogP contribution in [0.15, 0.2) is 45.6 Å². The van der Waals surface area contributed by atoms with Crippen LogP contribution in [0.25, 0.3) is 22.3 Å². The molecule has 2 aromatic carbocycles. The summed E-state index contributed by atoms with van der Waals surface area (Å²) in [6, 6.07) is 7.22. The van der Waals surface area contributed by atoms with Crippen molar-refractivity contribution in [3.8, 4) is 34.3 Å². The molecule has 0 radical (unpaired) electrons. The molecule has 0 saturated carbocycles. The van der Waals surface area contributed by atoms with Gasteiger partial charge >= 0.3 is 11.9 Å². The molecule has 1 fully saturated rings. The van der Waals surface area contributed by atoms with Crippen LogP contribution in [0.1, 0.15) is 6.42 Å². The van der Waals surface area contributed by atoms with Crippen LogP contribution in [0.3, 0.4) is 0 Å². The summed E-state index contributed by atoms with van der Waals surface area (Å²) in [7, 11) is 0. The number of phenolic OH excluding ortho intramolecular Hbond substituents is 3.